The number of H-pyrrole nitrogens is 1. The first-order valence-corrected chi connectivity index (χ1v) is 9.91. The Bertz CT molecular complexity index is 1430. The third-order valence-electron chi connectivity index (χ3n) is 5.10. The number of halogens is 2. The average Bonchev–Trinajstić information content (AvgIpc) is 2.75. The molecule has 4 rings (SSSR count). The Morgan fingerprint density at radius 1 is 1.13 bits per heavy atom. The van der Waals surface area contributed by atoms with Gasteiger partial charge in [-0.05, 0) is 61.5 Å². The number of nitrogens with one attached hydrogen (secondary N) is 1. The predicted molar refractivity (Wildman–Crippen MR) is 119 cm³/mol. The van der Waals surface area contributed by atoms with Crippen molar-refractivity contribution < 1.29 is 13.5 Å². The molecule has 2 aromatic carbocycles. The van der Waals surface area contributed by atoms with Crippen molar-refractivity contribution >= 4 is 23.3 Å². The summed E-state index contributed by atoms with van der Waals surface area (Å²) in [5.41, 5.74) is 2.35. The van der Waals surface area contributed by atoms with Crippen LogP contribution in [0.2, 0.25) is 0 Å². The van der Waals surface area contributed by atoms with E-state index in [9.17, 15) is 13.6 Å². The van der Waals surface area contributed by atoms with Crippen LogP contribution in [0.15, 0.2) is 53.3 Å². The zero-order valence-electron chi connectivity index (χ0n) is 17.1. The topological polar surface area (TPSA) is 59.9 Å². The Balaban J connectivity index is 2.17. The zero-order valence-corrected chi connectivity index (χ0v) is 17.9. The van der Waals surface area contributed by atoms with Crippen LogP contribution < -0.4 is 10.3 Å². The fraction of sp³-hybridized carbons (Fsp3) is 0.174. The minimum Gasteiger partial charge on any atom is -0.497 e. The molecular formula is C23H19F2N3O2S. The molecular weight excluding hydrogens is 420 g/mol. The number of hydrogen-bond donors (Lipinski definition) is 1. The van der Waals surface area contributed by atoms with E-state index in [0.717, 1.165) is 11.1 Å². The SMILES string of the molecule is COc1cccc(-c2cc(C(F)F)c3c(=O)[nH]c(=S)n(-c4cc(C)ccc4C)c3n2)c1. The molecule has 0 aliphatic rings. The van der Waals surface area contributed by atoms with Gasteiger partial charge in [0.1, 0.15) is 5.75 Å². The number of fused-ring (bicyclic) bond motifs is 1. The molecule has 0 saturated heterocycles. The van der Waals surface area contributed by atoms with Crippen molar-refractivity contribution in [2.24, 2.45) is 0 Å². The van der Waals surface area contributed by atoms with Gasteiger partial charge in [0.25, 0.3) is 12.0 Å². The molecule has 4 aromatic rings. The van der Waals surface area contributed by atoms with Crippen LogP contribution in [0.4, 0.5) is 8.78 Å². The van der Waals surface area contributed by atoms with Crippen LogP contribution in [0.5, 0.6) is 5.75 Å². The van der Waals surface area contributed by atoms with Gasteiger partial charge in [0, 0.05) is 11.1 Å². The highest BCUT2D eigenvalue weighted by atomic mass is 32.1. The molecule has 31 heavy (non-hydrogen) atoms. The lowest BCUT2D eigenvalue weighted by molar-refractivity contribution is 0.153. The Kier molecular flexibility index (Phi) is 5.41. The van der Waals surface area contributed by atoms with Crippen molar-refractivity contribution in [1.82, 2.24) is 14.5 Å². The van der Waals surface area contributed by atoms with Crippen molar-refractivity contribution in [2.75, 3.05) is 7.11 Å². The minimum atomic E-state index is -2.88. The normalized spacial score (nSPS) is 11.3. The quantitative estimate of drug-likeness (QED) is 0.416. The summed E-state index contributed by atoms with van der Waals surface area (Å²) in [6.45, 7) is 3.80. The molecule has 5 nitrogen and oxygen atoms in total. The van der Waals surface area contributed by atoms with E-state index in [0.29, 0.717) is 22.7 Å². The standard InChI is InChI=1S/C23H19F2N3O2S/c1-12-7-8-13(2)18(9-12)28-21-19(22(29)27-23(28)31)16(20(24)25)11-17(26-21)14-5-4-6-15(10-14)30-3/h4-11,20H,1-3H3,(H,27,29,31). The predicted octanol–water partition coefficient (Wildman–Crippen LogP) is 5.67. The molecule has 1 N–H and O–H groups in total. The lowest BCUT2D eigenvalue weighted by Crippen LogP contribution is -2.17. The van der Waals surface area contributed by atoms with Crippen molar-refractivity contribution in [1.29, 1.82) is 0 Å². The summed E-state index contributed by atoms with van der Waals surface area (Å²) in [5.74, 6) is 0.565. The van der Waals surface area contributed by atoms with E-state index in [1.54, 1.807) is 28.8 Å². The second-order valence-corrected chi connectivity index (χ2v) is 7.60. The smallest absolute Gasteiger partial charge is 0.264 e. The average molecular weight is 439 g/mol. The van der Waals surface area contributed by atoms with E-state index in [2.05, 4.69) is 9.97 Å². The summed E-state index contributed by atoms with van der Waals surface area (Å²) in [6.07, 6.45) is -2.88. The van der Waals surface area contributed by atoms with Gasteiger partial charge in [0.15, 0.2) is 10.4 Å². The zero-order chi connectivity index (χ0) is 22.3. The number of nitrogens with zero attached hydrogens (tertiary/aromatic N) is 2. The highest BCUT2D eigenvalue weighted by Crippen LogP contribution is 2.32. The molecule has 0 radical (unpaired) electrons. The fourth-order valence-corrected chi connectivity index (χ4v) is 3.82. The number of rotatable bonds is 4. The Hall–Kier alpha value is -3.39. The van der Waals surface area contributed by atoms with Gasteiger partial charge < -0.3 is 4.74 Å². The van der Waals surface area contributed by atoms with E-state index in [4.69, 9.17) is 17.0 Å². The van der Waals surface area contributed by atoms with Crippen LogP contribution >= 0.6 is 12.2 Å². The van der Waals surface area contributed by atoms with Gasteiger partial charge in [-0.15, -0.1) is 0 Å². The van der Waals surface area contributed by atoms with Gasteiger partial charge in [0.2, 0.25) is 0 Å². The summed E-state index contributed by atoms with van der Waals surface area (Å²) in [7, 11) is 1.52. The molecule has 0 amide bonds. The van der Waals surface area contributed by atoms with Crippen molar-refractivity contribution in [3.63, 3.8) is 0 Å². The summed E-state index contributed by atoms with van der Waals surface area (Å²) >= 11 is 5.42. The lowest BCUT2D eigenvalue weighted by atomic mass is 10.1. The maximum atomic E-state index is 14.1. The number of benzene rings is 2. The molecule has 0 aliphatic carbocycles. The van der Waals surface area contributed by atoms with E-state index in [1.807, 2.05) is 32.0 Å². The Labute approximate surface area is 182 Å². The molecule has 0 atom stereocenters. The third kappa shape index (κ3) is 3.74. The van der Waals surface area contributed by atoms with Crippen LogP contribution in [0.25, 0.3) is 28.0 Å². The molecule has 158 valence electrons. The molecule has 0 spiro atoms. The first-order valence-electron chi connectivity index (χ1n) is 9.50. The number of aryl methyl sites for hydroxylation is 2. The fourth-order valence-electron chi connectivity index (χ4n) is 3.54. The third-order valence-corrected chi connectivity index (χ3v) is 5.38. The number of methoxy groups -OCH3 is 1. The molecule has 0 fully saturated rings. The molecule has 8 heteroatoms. The highest BCUT2D eigenvalue weighted by Gasteiger charge is 2.21. The second-order valence-electron chi connectivity index (χ2n) is 7.21. The van der Waals surface area contributed by atoms with E-state index in [-0.39, 0.29) is 15.8 Å². The molecule has 2 heterocycles. The number of alkyl halides is 2. The summed E-state index contributed by atoms with van der Waals surface area (Å²) < 4.78 is 35.0. The minimum absolute atomic E-state index is 0.0815. The lowest BCUT2D eigenvalue weighted by Gasteiger charge is -2.16. The Morgan fingerprint density at radius 2 is 1.90 bits per heavy atom. The van der Waals surface area contributed by atoms with Gasteiger partial charge in [-0.1, -0.05) is 24.3 Å². The van der Waals surface area contributed by atoms with E-state index >= 15 is 0 Å². The highest BCUT2D eigenvalue weighted by molar-refractivity contribution is 7.71. The summed E-state index contributed by atoms with van der Waals surface area (Å²) in [4.78, 5) is 19.8. The number of pyridine rings is 1. The van der Waals surface area contributed by atoms with E-state index < -0.39 is 17.5 Å². The molecule has 0 unspecified atom stereocenters. The van der Waals surface area contributed by atoms with Gasteiger partial charge in [-0.25, -0.2) is 13.8 Å². The van der Waals surface area contributed by atoms with Crippen molar-refractivity contribution in [3.05, 3.63) is 80.3 Å². The summed E-state index contributed by atoms with van der Waals surface area (Å²) in [6, 6.07) is 13.9. The van der Waals surface area contributed by atoms with E-state index in [1.165, 1.54) is 13.2 Å². The van der Waals surface area contributed by atoms with Gasteiger partial charge in [-0.2, -0.15) is 0 Å². The molecule has 0 bridgehead atoms. The molecule has 0 saturated carbocycles. The maximum Gasteiger partial charge on any atom is 0.264 e. The van der Waals surface area contributed by atoms with Crippen LogP contribution in [-0.2, 0) is 0 Å². The largest absolute Gasteiger partial charge is 0.497 e. The van der Waals surface area contributed by atoms with Gasteiger partial charge in [0.05, 0.1) is 23.9 Å². The first-order chi connectivity index (χ1) is 14.8. The number of aromatic amines is 1. The van der Waals surface area contributed by atoms with Crippen LogP contribution in [0.3, 0.4) is 0 Å². The van der Waals surface area contributed by atoms with Crippen LogP contribution in [-0.4, -0.2) is 21.6 Å². The maximum absolute atomic E-state index is 14.1. The first kappa shape index (κ1) is 20.9. The Morgan fingerprint density at radius 3 is 2.61 bits per heavy atom. The monoisotopic (exact) mass is 439 g/mol. The van der Waals surface area contributed by atoms with Gasteiger partial charge >= 0.3 is 0 Å². The van der Waals surface area contributed by atoms with Crippen LogP contribution in [0, 0.1) is 18.6 Å². The van der Waals surface area contributed by atoms with Crippen LogP contribution in [0.1, 0.15) is 23.1 Å². The van der Waals surface area contributed by atoms with Crippen molar-refractivity contribution in [3.8, 4) is 22.7 Å². The second kappa shape index (κ2) is 8.03. The molecule has 2 aromatic heterocycles. The number of aromatic nitrogens is 3. The van der Waals surface area contributed by atoms with Gasteiger partial charge in [-0.3, -0.25) is 14.3 Å². The molecule has 0 aliphatic heterocycles. The number of ether oxygens (including phenoxy) is 1. The number of hydrogen-bond acceptors (Lipinski definition) is 4. The van der Waals surface area contributed by atoms with Crippen molar-refractivity contribution in [2.45, 2.75) is 20.3 Å². The summed E-state index contributed by atoms with van der Waals surface area (Å²) in [5, 5.41) is -0.184.